The highest BCUT2D eigenvalue weighted by atomic mass is 16.5. The standard InChI is InChI=1S/C18H27N3O4/c1-3-21(18(23)17(19)13-8-10-25-11-9-13)12-16(22)20-14-6-4-5-7-15(14)24-2/h4-7,13,17H,3,8-12,19H2,1-2H3,(H,20,22). The van der Waals surface area contributed by atoms with E-state index in [2.05, 4.69) is 5.32 Å². The number of rotatable bonds is 7. The van der Waals surface area contributed by atoms with E-state index in [4.69, 9.17) is 15.2 Å². The first-order valence-electron chi connectivity index (χ1n) is 8.61. The number of para-hydroxylation sites is 2. The van der Waals surface area contributed by atoms with E-state index >= 15 is 0 Å². The summed E-state index contributed by atoms with van der Waals surface area (Å²) < 4.78 is 10.5. The van der Waals surface area contributed by atoms with Crippen LogP contribution in [0.2, 0.25) is 0 Å². The number of amides is 2. The molecular weight excluding hydrogens is 322 g/mol. The van der Waals surface area contributed by atoms with Gasteiger partial charge in [0.15, 0.2) is 0 Å². The third-order valence-electron chi connectivity index (χ3n) is 4.47. The Bertz CT molecular complexity index is 587. The van der Waals surface area contributed by atoms with Crippen LogP contribution in [0.15, 0.2) is 24.3 Å². The molecule has 7 heteroatoms. The molecule has 1 aliphatic heterocycles. The fourth-order valence-electron chi connectivity index (χ4n) is 2.94. The molecule has 0 bridgehead atoms. The second-order valence-corrected chi connectivity index (χ2v) is 6.08. The molecule has 1 unspecified atom stereocenters. The number of hydrogen-bond donors (Lipinski definition) is 2. The van der Waals surface area contributed by atoms with E-state index in [1.807, 2.05) is 19.1 Å². The molecule has 0 radical (unpaired) electrons. The summed E-state index contributed by atoms with van der Waals surface area (Å²) in [5.74, 6) is 0.208. The zero-order valence-electron chi connectivity index (χ0n) is 14.9. The molecule has 138 valence electrons. The lowest BCUT2D eigenvalue weighted by molar-refractivity contribution is -0.137. The molecule has 1 aromatic rings. The summed E-state index contributed by atoms with van der Waals surface area (Å²) in [4.78, 5) is 26.5. The molecule has 7 nitrogen and oxygen atoms in total. The monoisotopic (exact) mass is 349 g/mol. The van der Waals surface area contributed by atoms with Gasteiger partial charge in [-0.15, -0.1) is 0 Å². The van der Waals surface area contributed by atoms with Crippen molar-refractivity contribution >= 4 is 17.5 Å². The predicted octanol–water partition coefficient (Wildman–Crippen LogP) is 1.24. The van der Waals surface area contributed by atoms with Crippen LogP contribution in [0.1, 0.15) is 19.8 Å². The highest BCUT2D eigenvalue weighted by molar-refractivity contribution is 5.96. The Balaban J connectivity index is 1.95. The summed E-state index contributed by atoms with van der Waals surface area (Å²) in [6.07, 6.45) is 1.55. The van der Waals surface area contributed by atoms with Gasteiger partial charge < -0.3 is 25.4 Å². The fourth-order valence-corrected chi connectivity index (χ4v) is 2.94. The van der Waals surface area contributed by atoms with Gasteiger partial charge in [0, 0.05) is 19.8 Å². The lowest BCUT2D eigenvalue weighted by Crippen LogP contribution is -2.50. The van der Waals surface area contributed by atoms with E-state index in [0.29, 0.717) is 31.2 Å². The van der Waals surface area contributed by atoms with Gasteiger partial charge in [-0.2, -0.15) is 0 Å². The van der Waals surface area contributed by atoms with Gasteiger partial charge in [-0.05, 0) is 37.8 Å². The SMILES string of the molecule is CCN(CC(=O)Nc1ccccc1OC)C(=O)C(N)C1CCOCC1. The number of carbonyl (C=O) groups excluding carboxylic acids is 2. The average molecular weight is 349 g/mol. The number of methoxy groups -OCH3 is 1. The Morgan fingerprint density at radius 2 is 2.04 bits per heavy atom. The van der Waals surface area contributed by atoms with E-state index < -0.39 is 6.04 Å². The van der Waals surface area contributed by atoms with Gasteiger partial charge in [0.2, 0.25) is 11.8 Å². The summed E-state index contributed by atoms with van der Waals surface area (Å²) in [6.45, 7) is 3.49. The molecule has 1 aromatic carbocycles. The number of ether oxygens (including phenoxy) is 2. The first-order chi connectivity index (χ1) is 12.1. The van der Waals surface area contributed by atoms with E-state index in [1.165, 1.54) is 4.90 Å². The maximum atomic E-state index is 12.6. The number of hydrogen-bond acceptors (Lipinski definition) is 5. The Hall–Kier alpha value is -2.12. The van der Waals surface area contributed by atoms with Gasteiger partial charge >= 0.3 is 0 Å². The van der Waals surface area contributed by atoms with Crippen molar-refractivity contribution in [3.8, 4) is 5.75 Å². The van der Waals surface area contributed by atoms with Gasteiger partial charge in [0.1, 0.15) is 5.75 Å². The van der Waals surface area contributed by atoms with Crippen LogP contribution in [0, 0.1) is 5.92 Å². The Kier molecular flexibility index (Phi) is 7.21. The third-order valence-corrected chi connectivity index (χ3v) is 4.47. The Labute approximate surface area is 148 Å². The summed E-state index contributed by atoms with van der Waals surface area (Å²) in [5, 5.41) is 2.78. The highest BCUT2D eigenvalue weighted by Gasteiger charge is 2.30. The van der Waals surface area contributed by atoms with Crippen molar-refractivity contribution < 1.29 is 19.1 Å². The van der Waals surface area contributed by atoms with Gasteiger partial charge in [0.05, 0.1) is 25.4 Å². The smallest absolute Gasteiger partial charge is 0.244 e. The molecule has 0 spiro atoms. The maximum Gasteiger partial charge on any atom is 0.244 e. The largest absolute Gasteiger partial charge is 0.495 e. The summed E-state index contributed by atoms with van der Waals surface area (Å²) in [7, 11) is 1.54. The number of benzene rings is 1. The normalized spacial score (nSPS) is 16.1. The van der Waals surface area contributed by atoms with Crippen LogP contribution >= 0.6 is 0 Å². The van der Waals surface area contributed by atoms with Crippen molar-refractivity contribution in [2.45, 2.75) is 25.8 Å². The second kappa shape index (κ2) is 9.39. The number of nitrogens with zero attached hydrogens (tertiary/aromatic N) is 1. The summed E-state index contributed by atoms with van der Waals surface area (Å²) >= 11 is 0. The molecule has 1 heterocycles. The van der Waals surface area contributed by atoms with E-state index in [9.17, 15) is 9.59 Å². The van der Waals surface area contributed by atoms with Crippen molar-refractivity contribution in [2.75, 3.05) is 38.7 Å². The molecule has 0 aliphatic carbocycles. The zero-order chi connectivity index (χ0) is 18.2. The summed E-state index contributed by atoms with van der Waals surface area (Å²) in [5.41, 5.74) is 6.72. The molecular formula is C18H27N3O4. The molecule has 2 rings (SSSR count). The second-order valence-electron chi connectivity index (χ2n) is 6.08. The van der Waals surface area contributed by atoms with Crippen LogP contribution in [0.5, 0.6) is 5.75 Å². The first kappa shape index (κ1) is 19.2. The molecule has 0 saturated carbocycles. The third kappa shape index (κ3) is 5.17. The molecule has 25 heavy (non-hydrogen) atoms. The van der Waals surface area contributed by atoms with Crippen molar-refractivity contribution in [1.82, 2.24) is 4.90 Å². The topological polar surface area (TPSA) is 93.9 Å². The molecule has 1 saturated heterocycles. The molecule has 0 aromatic heterocycles. The van der Waals surface area contributed by atoms with Crippen LogP contribution in [0.3, 0.4) is 0 Å². The average Bonchev–Trinajstić information content (AvgIpc) is 2.66. The number of carbonyl (C=O) groups is 2. The predicted molar refractivity (Wildman–Crippen MR) is 95.4 cm³/mol. The zero-order valence-corrected chi connectivity index (χ0v) is 14.9. The number of anilines is 1. The first-order valence-corrected chi connectivity index (χ1v) is 8.61. The van der Waals surface area contributed by atoms with Gasteiger partial charge in [-0.1, -0.05) is 12.1 Å². The van der Waals surface area contributed by atoms with Gasteiger partial charge in [0.25, 0.3) is 0 Å². The van der Waals surface area contributed by atoms with Crippen LogP contribution in [0.4, 0.5) is 5.69 Å². The number of nitrogens with two attached hydrogens (primary N) is 1. The van der Waals surface area contributed by atoms with E-state index in [0.717, 1.165) is 12.8 Å². The van der Waals surface area contributed by atoms with Gasteiger partial charge in [-0.25, -0.2) is 0 Å². The van der Waals surface area contributed by atoms with Crippen LogP contribution in [-0.2, 0) is 14.3 Å². The minimum absolute atomic E-state index is 0.0374. The Morgan fingerprint density at radius 1 is 1.36 bits per heavy atom. The van der Waals surface area contributed by atoms with Crippen LogP contribution < -0.4 is 15.8 Å². The number of nitrogens with one attached hydrogen (secondary N) is 1. The van der Waals surface area contributed by atoms with Crippen molar-refractivity contribution in [1.29, 1.82) is 0 Å². The maximum absolute atomic E-state index is 12.6. The molecule has 3 N–H and O–H groups in total. The lowest BCUT2D eigenvalue weighted by atomic mass is 9.91. The quantitative estimate of drug-likeness (QED) is 0.772. The minimum atomic E-state index is -0.595. The molecule has 2 amide bonds. The lowest BCUT2D eigenvalue weighted by Gasteiger charge is -2.30. The minimum Gasteiger partial charge on any atom is -0.495 e. The van der Waals surface area contributed by atoms with E-state index in [-0.39, 0.29) is 24.3 Å². The summed E-state index contributed by atoms with van der Waals surface area (Å²) in [6, 6.07) is 6.55. The molecule has 1 aliphatic rings. The molecule has 1 fully saturated rings. The van der Waals surface area contributed by atoms with E-state index in [1.54, 1.807) is 19.2 Å². The van der Waals surface area contributed by atoms with Gasteiger partial charge in [-0.3, -0.25) is 9.59 Å². The fraction of sp³-hybridized carbons (Fsp3) is 0.556. The van der Waals surface area contributed by atoms with Crippen LogP contribution in [-0.4, -0.2) is 56.2 Å². The van der Waals surface area contributed by atoms with Crippen molar-refractivity contribution in [3.05, 3.63) is 24.3 Å². The van der Waals surface area contributed by atoms with Crippen molar-refractivity contribution in [2.24, 2.45) is 11.7 Å². The van der Waals surface area contributed by atoms with Crippen molar-refractivity contribution in [3.63, 3.8) is 0 Å². The Morgan fingerprint density at radius 3 is 2.68 bits per heavy atom. The number of likely N-dealkylation sites (N-methyl/N-ethyl adjacent to an activating group) is 1. The van der Waals surface area contributed by atoms with Crippen LogP contribution in [0.25, 0.3) is 0 Å². The highest BCUT2D eigenvalue weighted by Crippen LogP contribution is 2.23. The molecule has 1 atom stereocenters.